The number of hydrogen-bond donors (Lipinski definition) is 2. The summed E-state index contributed by atoms with van der Waals surface area (Å²) < 4.78 is 1.05. The summed E-state index contributed by atoms with van der Waals surface area (Å²) in [5.74, 6) is 5.73. The molecule has 0 heterocycles. The van der Waals surface area contributed by atoms with Crippen LogP contribution >= 0.6 is 34.2 Å². The summed E-state index contributed by atoms with van der Waals surface area (Å²) in [6.07, 6.45) is 0.848. The SMILES string of the molecule is Cc1ccc(C)c(CC(NN)c2ccc(I)c(Cl)c2)c1. The first-order valence-corrected chi connectivity index (χ1v) is 7.94. The van der Waals surface area contributed by atoms with E-state index in [1.54, 1.807) is 0 Å². The van der Waals surface area contributed by atoms with Crippen molar-refractivity contribution >= 4 is 34.2 Å². The number of hydrazine groups is 1. The Balaban J connectivity index is 2.28. The van der Waals surface area contributed by atoms with Gasteiger partial charge in [-0.25, -0.2) is 0 Å². The van der Waals surface area contributed by atoms with E-state index in [0.29, 0.717) is 0 Å². The van der Waals surface area contributed by atoms with E-state index >= 15 is 0 Å². The van der Waals surface area contributed by atoms with Crippen molar-refractivity contribution in [3.8, 4) is 0 Å². The Bertz CT molecular complexity index is 613. The second-order valence-electron chi connectivity index (χ2n) is 5.03. The topological polar surface area (TPSA) is 38.0 Å². The molecule has 0 fully saturated rings. The third-order valence-electron chi connectivity index (χ3n) is 3.48. The summed E-state index contributed by atoms with van der Waals surface area (Å²) in [6.45, 7) is 4.23. The van der Waals surface area contributed by atoms with Crippen LogP contribution in [0.3, 0.4) is 0 Å². The monoisotopic (exact) mass is 400 g/mol. The predicted molar refractivity (Wildman–Crippen MR) is 93.9 cm³/mol. The van der Waals surface area contributed by atoms with Gasteiger partial charge in [0.15, 0.2) is 0 Å². The van der Waals surface area contributed by atoms with Crippen LogP contribution in [0.15, 0.2) is 36.4 Å². The van der Waals surface area contributed by atoms with Crippen LogP contribution in [0.5, 0.6) is 0 Å². The van der Waals surface area contributed by atoms with Crippen molar-refractivity contribution in [1.29, 1.82) is 0 Å². The van der Waals surface area contributed by atoms with Gasteiger partial charge in [0.2, 0.25) is 0 Å². The molecule has 0 amide bonds. The fourth-order valence-electron chi connectivity index (χ4n) is 2.24. The largest absolute Gasteiger partial charge is 0.271 e. The Labute approximate surface area is 138 Å². The van der Waals surface area contributed by atoms with Crippen LogP contribution < -0.4 is 11.3 Å². The molecule has 0 bridgehead atoms. The van der Waals surface area contributed by atoms with Crippen molar-refractivity contribution in [2.75, 3.05) is 0 Å². The second kappa shape index (κ2) is 6.89. The lowest BCUT2D eigenvalue weighted by atomic mass is 9.95. The third-order valence-corrected chi connectivity index (χ3v) is 5.05. The van der Waals surface area contributed by atoms with Crippen molar-refractivity contribution in [3.05, 3.63) is 67.2 Å². The molecule has 2 aromatic carbocycles. The number of benzene rings is 2. The molecule has 106 valence electrons. The first-order valence-electron chi connectivity index (χ1n) is 6.48. The summed E-state index contributed by atoms with van der Waals surface area (Å²) in [6, 6.07) is 12.6. The van der Waals surface area contributed by atoms with Crippen LogP contribution in [0.4, 0.5) is 0 Å². The smallest absolute Gasteiger partial charge is 0.0542 e. The van der Waals surface area contributed by atoms with Gasteiger partial charge in [0.1, 0.15) is 0 Å². The van der Waals surface area contributed by atoms with E-state index in [-0.39, 0.29) is 6.04 Å². The highest BCUT2D eigenvalue weighted by atomic mass is 127. The Morgan fingerprint density at radius 3 is 2.60 bits per heavy atom. The molecule has 1 unspecified atom stereocenters. The molecular formula is C16H18ClIN2. The van der Waals surface area contributed by atoms with Crippen molar-refractivity contribution in [2.24, 2.45) is 5.84 Å². The van der Waals surface area contributed by atoms with Crippen molar-refractivity contribution in [1.82, 2.24) is 5.43 Å². The zero-order valence-electron chi connectivity index (χ0n) is 11.6. The maximum atomic E-state index is 6.20. The van der Waals surface area contributed by atoms with Gasteiger partial charge in [-0.15, -0.1) is 0 Å². The van der Waals surface area contributed by atoms with Gasteiger partial charge in [0, 0.05) is 3.57 Å². The van der Waals surface area contributed by atoms with Crippen molar-refractivity contribution in [2.45, 2.75) is 26.3 Å². The fourth-order valence-corrected chi connectivity index (χ4v) is 2.77. The van der Waals surface area contributed by atoms with Gasteiger partial charge >= 0.3 is 0 Å². The summed E-state index contributed by atoms with van der Waals surface area (Å²) in [7, 11) is 0. The molecule has 1 atom stereocenters. The third kappa shape index (κ3) is 3.73. The molecule has 2 rings (SSSR count). The standard InChI is InChI=1S/C16H18ClIN2/c1-10-3-4-11(2)13(7-10)9-16(20-19)12-5-6-15(18)14(17)8-12/h3-8,16,20H,9,19H2,1-2H3. The van der Waals surface area contributed by atoms with Crippen LogP contribution in [0.2, 0.25) is 5.02 Å². The Morgan fingerprint density at radius 1 is 1.20 bits per heavy atom. The van der Waals surface area contributed by atoms with E-state index in [1.165, 1.54) is 16.7 Å². The van der Waals surface area contributed by atoms with E-state index in [4.69, 9.17) is 17.4 Å². The van der Waals surface area contributed by atoms with E-state index in [0.717, 1.165) is 20.6 Å². The zero-order chi connectivity index (χ0) is 14.7. The van der Waals surface area contributed by atoms with E-state index in [9.17, 15) is 0 Å². The summed E-state index contributed by atoms with van der Waals surface area (Å²) in [4.78, 5) is 0. The van der Waals surface area contributed by atoms with Crippen LogP contribution in [0.25, 0.3) is 0 Å². The Kier molecular flexibility index (Phi) is 5.43. The molecule has 0 aliphatic heterocycles. The normalized spacial score (nSPS) is 12.4. The molecule has 3 N–H and O–H groups in total. The molecule has 0 spiro atoms. The molecule has 2 aromatic rings. The number of hydrogen-bond acceptors (Lipinski definition) is 2. The highest BCUT2D eigenvalue weighted by Gasteiger charge is 2.13. The Hall–Kier alpha value is -0.620. The number of nitrogens with two attached hydrogens (primary N) is 1. The highest BCUT2D eigenvalue weighted by molar-refractivity contribution is 14.1. The molecular weight excluding hydrogens is 383 g/mol. The van der Waals surface area contributed by atoms with Crippen LogP contribution in [0, 0.1) is 17.4 Å². The van der Waals surface area contributed by atoms with E-state index in [1.807, 2.05) is 12.1 Å². The van der Waals surface area contributed by atoms with Crippen LogP contribution in [-0.2, 0) is 6.42 Å². The predicted octanol–water partition coefficient (Wildman–Crippen LogP) is 4.31. The molecule has 0 saturated heterocycles. The molecule has 2 nitrogen and oxygen atoms in total. The second-order valence-corrected chi connectivity index (χ2v) is 6.60. The average Bonchev–Trinajstić information content (AvgIpc) is 2.43. The lowest BCUT2D eigenvalue weighted by molar-refractivity contribution is 0.550. The number of aryl methyl sites for hydroxylation is 2. The van der Waals surface area contributed by atoms with Gasteiger partial charge in [0.05, 0.1) is 11.1 Å². The van der Waals surface area contributed by atoms with E-state index < -0.39 is 0 Å². The molecule has 0 aromatic heterocycles. The molecule has 0 saturated carbocycles. The maximum absolute atomic E-state index is 6.20. The van der Waals surface area contributed by atoms with Gasteiger partial charge in [-0.1, -0.05) is 41.4 Å². The fraction of sp³-hybridized carbons (Fsp3) is 0.250. The maximum Gasteiger partial charge on any atom is 0.0542 e. The molecule has 20 heavy (non-hydrogen) atoms. The summed E-state index contributed by atoms with van der Waals surface area (Å²) >= 11 is 8.42. The molecule has 0 aliphatic rings. The minimum absolute atomic E-state index is 0.0602. The van der Waals surface area contributed by atoms with Crippen LogP contribution in [-0.4, -0.2) is 0 Å². The number of rotatable bonds is 4. The average molecular weight is 401 g/mol. The Morgan fingerprint density at radius 2 is 1.95 bits per heavy atom. The number of nitrogens with one attached hydrogen (secondary N) is 1. The van der Waals surface area contributed by atoms with Crippen LogP contribution in [0.1, 0.15) is 28.3 Å². The first-order chi connectivity index (χ1) is 9.51. The van der Waals surface area contributed by atoms with Crippen molar-refractivity contribution < 1.29 is 0 Å². The summed E-state index contributed by atoms with van der Waals surface area (Å²) in [5, 5.41) is 0.768. The minimum atomic E-state index is 0.0602. The van der Waals surface area contributed by atoms with Gasteiger partial charge in [0.25, 0.3) is 0 Å². The summed E-state index contributed by atoms with van der Waals surface area (Å²) in [5.41, 5.74) is 7.87. The lowest BCUT2D eigenvalue weighted by Gasteiger charge is -2.18. The molecule has 4 heteroatoms. The quantitative estimate of drug-likeness (QED) is 0.456. The van der Waals surface area contributed by atoms with Gasteiger partial charge in [-0.2, -0.15) is 0 Å². The minimum Gasteiger partial charge on any atom is -0.271 e. The van der Waals surface area contributed by atoms with Crippen molar-refractivity contribution in [3.63, 3.8) is 0 Å². The van der Waals surface area contributed by atoms with E-state index in [2.05, 4.69) is 66.1 Å². The van der Waals surface area contributed by atoms with Gasteiger partial charge in [-0.05, 0) is 71.7 Å². The number of halogens is 2. The lowest BCUT2D eigenvalue weighted by Crippen LogP contribution is -2.29. The zero-order valence-corrected chi connectivity index (χ0v) is 14.5. The van der Waals surface area contributed by atoms with Gasteiger partial charge in [-0.3, -0.25) is 11.3 Å². The highest BCUT2D eigenvalue weighted by Crippen LogP contribution is 2.26. The molecule has 0 aliphatic carbocycles. The molecule has 0 radical (unpaired) electrons. The van der Waals surface area contributed by atoms with Gasteiger partial charge < -0.3 is 0 Å². The first kappa shape index (κ1) is 15.8.